The third-order valence-corrected chi connectivity index (χ3v) is 8.53. The Hall–Kier alpha value is -2.68. The van der Waals surface area contributed by atoms with Gasteiger partial charge in [-0.15, -0.1) is 11.3 Å². The largest absolute Gasteiger partial charge is 0.479 e. The van der Waals surface area contributed by atoms with Crippen LogP contribution in [0.1, 0.15) is 23.8 Å². The van der Waals surface area contributed by atoms with Crippen LogP contribution in [0.5, 0.6) is 5.75 Å². The zero-order valence-corrected chi connectivity index (χ0v) is 21.1. The number of thiophene rings is 1. The number of amides is 2. The number of benzene rings is 1. The maximum absolute atomic E-state index is 13.1. The van der Waals surface area contributed by atoms with Crippen molar-refractivity contribution in [3.63, 3.8) is 0 Å². The van der Waals surface area contributed by atoms with E-state index in [-0.39, 0.29) is 17.7 Å². The first-order valence-electron chi connectivity index (χ1n) is 12.1. The van der Waals surface area contributed by atoms with Gasteiger partial charge in [0.05, 0.1) is 16.8 Å². The van der Waals surface area contributed by atoms with Crippen LogP contribution >= 0.6 is 22.9 Å². The lowest BCUT2D eigenvalue weighted by atomic mass is 10.0. The summed E-state index contributed by atoms with van der Waals surface area (Å²) in [6.07, 6.45) is 2.69. The Kier molecular flexibility index (Phi) is 5.90. The van der Waals surface area contributed by atoms with Crippen molar-refractivity contribution in [2.75, 3.05) is 32.7 Å². The average Bonchev–Trinajstić information content (AvgIpc) is 3.56. The van der Waals surface area contributed by atoms with Crippen molar-refractivity contribution in [1.29, 1.82) is 0 Å². The molecule has 1 N–H and O–H groups in total. The Labute approximate surface area is 213 Å². The van der Waals surface area contributed by atoms with Crippen LogP contribution in [0.2, 0.25) is 5.02 Å². The van der Waals surface area contributed by atoms with Crippen molar-refractivity contribution in [2.24, 2.45) is 5.92 Å². The van der Waals surface area contributed by atoms with Crippen molar-refractivity contribution >= 4 is 45.0 Å². The van der Waals surface area contributed by atoms with Crippen LogP contribution in [0.3, 0.4) is 0 Å². The van der Waals surface area contributed by atoms with E-state index in [9.17, 15) is 9.59 Å². The van der Waals surface area contributed by atoms with Gasteiger partial charge in [0, 0.05) is 77.8 Å². The quantitative estimate of drug-likeness (QED) is 0.579. The van der Waals surface area contributed by atoms with Gasteiger partial charge in [-0.3, -0.25) is 14.6 Å². The molecule has 0 unspecified atom stereocenters. The number of carbonyl (C=O) groups excluding carboxylic acids is 2. The van der Waals surface area contributed by atoms with Crippen LogP contribution in [0.15, 0.2) is 30.5 Å². The molecule has 3 aromatic rings. The monoisotopic (exact) mass is 510 g/mol. The van der Waals surface area contributed by atoms with Gasteiger partial charge in [0.2, 0.25) is 5.91 Å². The van der Waals surface area contributed by atoms with Gasteiger partial charge in [-0.1, -0.05) is 18.5 Å². The molecule has 3 aliphatic rings. The third kappa shape index (κ3) is 4.17. The molecule has 0 saturated carbocycles. The predicted molar refractivity (Wildman–Crippen MR) is 137 cm³/mol. The van der Waals surface area contributed by atoms with E-state index in [2.05, 4.69) is 16.4 Å². The molecular formula is C26H27ClN4O3S. The highest BCUT2D eigenvalue weighted by Gasteiger charge is 2.35. The van der Waals surface area contributed by atoms with Crippen molar-refractivity contribution in [1.82, 2.24) is 20.1 Å². The summed E-state index contributed by atoms with van der Waals surface area (Å²) in [6.45, 7) is 6.41. The summed E-state index contributed by atoms with van der Waals surface area (Å²) < 4.78 is 7.35. The maximum Gasteiger partial charge on any atom is 0.264 e. The Morgan fingerprint density at radius 1 is 1.23 bits per heavy atom. The van der Waals surface area contributed by atoms with Crippen LogP contribution < -0.4 is 10.1 Å². The van der Waals surface area contributed by atoms with E-state index in [0.29, 0.717) is 31.1 Å². The molecule has 5 heterocycles. The molecule has 0 radical (unpaired) electrons. The maximum atomic E-state index is 13.1. The molecule has 6 rings (SSSR count). The van der Waals surface area contributed by atoms with E-state index in [1.54, 1.807) is 17.5 Å². The minimum Gasteiger partial charge on any atom is -0.479 e. The number of aromatic nitrogens is 1. The molecule has 7 nitrogen and oxygen atoms in total. The molecule has 3 aliphatic heterocycles. The minimum absolute atomic E-state index is 0.0348. The fraction of sp³-hybridized carbons (Fsp3) is 0.423. The lowest BCUT2D eigenvalue weighted by molar-refractivity contribution is -0.138. The highest BCUT2D eigenvalue weighted by Crippen LogP contribution is 2.45. The molecular weight excluding hydrogens is 484 g/mol. The molecule has 2 fully saturated rings. The van der Waals surface area contributed by atoms with Crippen LogP contribution in [0.25, 0.3) is 21.3 Å². The van der Waals surface area contributed by atoms with Gasteiger partial charge in [-0.2, -0.15) is 0 Å². The van der Waals surface area contributed by atoms with E-state index in [0.717, 1.165) is 63.6 Å². The lowest BCUT2D eigenvalue weighted by Crippen LogP contribution is -2.50. The first-order valence-corrected chi connectivity index (χ1v) is 13.3. The van der Waals surface area contributed by atoms with Gasteiger partial charge in [-0.05, 0) is 30.7 Å². The standard InChI is InChI=1S/C26H27ClN4O3S/c1-15-3-7-31(25(15)32)14-18-13-21-24(35-18)19(2-4-29-21)20-12-17(27)10-16-11-22(34-23(16)20)26(33)30-8-5-28-6-9-30/h2,4,10,12-13,15,22,28H,3,5-9,11,14H2,1H3/t15-,22+/m0/s1. The van der Waals surface area contributed by atoms with Crippen LogP contribution in [-0.4, -0.2) is 65.4 Å². The highest BCUT2D eigenvalue weighted by atomic mass is 35.5. The molecule has 0 aliphatic carbocycles. The molecule has 35 heavy (non-hydrogen) atoms. The summed E-state index contributed by atoms with van der Waals surface area (Å²) in [7, 11) is 0. The Morgan fingerprint density at radius 2 is 2.06 bits per heavy atom. The summed E-state index contributed by atoms with van der Waals surface area (Å²) in [4.78, 5) is 35.1. The second-order valence-electron chi connectivity index (χ2n) is 9.56. The van der Waals surface area contributed by atoms with E-state index in [1.807, 2.05) is 34.9 Å². The second kappa shape index (κ2) is 9.08. The zero-order valence-electron chi connectivity index (χ0n) is 19.6. The van der Waals surface area contributed by atoms with Crippen LogP contribution in [-0.2, 0) is 22.6 Å². The Morgan fingerprint density at radius 3 is 2.83 bits per heavy atom. The summed E-state index contributed by atoms with van der Waals surface area (Å²) >= 11 is 8.19. The number of nitrogens with zero attached hydrogens (tertiary/aromatic N) is 3. The summed E-state index contributed by atoms with van der Waals surface area (Å²) in [5.41, 5.74) is 3.72. The number of halogens is 1. The van der Waals surface area contributed by atoms with Gasteiger partial charge in [-0.25, -0.2) is 0 Å². The van der Waals surface area contributed by atoms with E-state index < -0.39 is 6.10 Å². The highest BCUT2D eigenvalue weighted by molar-refractivity contribution is 7.19. The number of hydrogen-bond donors (Lipinski definition) is 1. The molecule has 2 saturated heterocycles. The average molecular weight is 511 g/mol. The van der Waals surface area contributed by atoms with Gasteiger partial charge in [0.25, 0.3) is 5.91 Å². The molecule has 9 heteroatoms. The number of nitrogens with one attached hydrogen (secondary N) is 1. The van der Waals surface area contributed by atoms with Crippen LogP contribution in [0, 0.1) is 5.92 Å². The number of carbonyl (C=O) groups is 2. The number of piperazine rings is 1. The molecule has 2 aromatic heterocycles. The van der Waals surface area contributed by atoms with Gasteiger partial charge >= 0.3 is 0 Å². The SMILES string of the molecule is C[C@H]1CCN(Cc2cc3nccc(-c4cc(Cl)cc5c4O[C@@H](C(=O)N4CCNCC4)C5)c3s2)C1=O. The van der Waals surface area contributed by atoms with Gasteiger partial charge in [0.1, 0.15) is 5.75 Å². The molecule has 2 atom stereocenters. The number of rotatable bonds is 4. The van der Waals surface area contributed by atoms with E-state index in [4.69, 9.17) is 16.3 Å². The Balaban J connectivity index is 1.32. The molecule has 0 bridgehead atoms. The van der Waals surface area contributed by atoms with Crippen molar-refractivity contribution in [3.8, 4) is 16.9 Å². The number of pyridine rings is 1. The number of hydrogen-bond acceptors (Lipinski definition) is 6. The minimum atomic E-state index is -0.528. The van der Waals surface area contributed by atoms with Crippen LogP contribution in [0.4, 0.5) is 0 Å². The normalized spacial score (nSPS) is 22.1. The summed E-state index contributed by atoms with van der Waals surface area (Å²) in [6, 6.07) is 7.87. The van der Waals surface area contributed by atoms with Gasteiger partial charge < -0.3 is 19.9 Å². The van der Waals surface area contributed by atoms with E-state index >= 15 is 0 Å². The fourth-order valence-electron chi connectivity index (χ4n) is 5.27. The second-order valence-corrected chi connectivity index (χ2v) is 11.1. The Bertz CT molecular complexity index is 1320. The molecule has 0 spiro atoms. The topological polar surface area (TPSA) is 74.8 Å². The number of fused-ring (bicyclic) bond motifs is 2. The first kappa shape index (κ1) is 22.8. The smallest absolute Gasteiger partial charge is 0.264 e. The zero-order chi connectivity index (χ0) is 24.1. The number of ether oxygens (including phenoxy) is 1. The molecule has 2 amide bonds. The third-order valence-electron chi connectivity index (χ3n) is 7.17. The number of likely N-dealkylation sites (tertiary alicyclic amines) is 1. The first-order chi connectivity index (χ1) is 17.0. The lowest BCUT2D eigenvalue weighted by Gasteiger charge is -2.29. The predicted octanol–water partition coefficient (Wildman–Crippen LogP) is 3.72. The van der Waals surface area contributed by atoms with E-state index in [1.165, 1.54) is 0 Å². The van der Waals surface area contributed by atoms with Crippen molar-refractivity contribution in [2.45, 2.75) is 32.4 Å². The fourth-order valence-corrected chi connectivity index (χ4v) is 6.67. The van der Waals surface area contributed by atoms with Crippen molar-refractivity contribution in [3.05, 3.63) is 45.9 Å². The summed E-state index contributed by atoms with van der Waals surface area (Å²) in [5, 5.41) is 3.90. The molecule has 1 aromatic carbocycles. The molecule has 182 valence electrons. The van der Waals surface area contributed by atoms with Gasteiger partial charge in [0.15, 0.2) is 6.10 Å². The van der Waals surface area contributed by atoms with Crippen molar-refractivity contribution < 1.29 is 14.3 Å². The summed E-state index contributed by atoms with van der Waals surface area (Å²) in [5.74, 6) is 1.08.